The lowest BCUT2D eigenvalue weighted by atomic mass is 9.90. The third-order valence-electron chi connectivity index (χ3n) is 5.91. The average molecular weight is 586 g/mol. The Morgan fingerprint density at radius 2 is 1.84 bits per heavy atom. The van der Waals surface area contributed by atoms with E-state index in [2.05, 4.69) is 10.3 Å². The van der Waals surface area contributed by atoms with E-state index in [1.54, 1.807) is 24.4 Å². The lowest BCUT2D eigenvalue weighted by molar-refractivity contribution is -0.191. The van der Waals surface area contributed by atoms with Crippen LogP contribution < -0.4 is 0 Å². The van der Waals surface area contributed by atoms with Gasteiger partial charge in [0.05, 0.1) is 22.3 Å². The maximum absolute atomic E-state index is 13.8. The van der Waals surface area contributed by atoms with Crippen molar-refractivity contribution in [3.8, 4) is 11.3 Å². The molecule has 5 atom stereocenters. The standard InChI is InChI=1S/C25H23Cl2F2N3O5S/c1-12-23(32-10-21(30-31-32)15-4-7-19(28)20(29)8-15)24(36-14(3)34)22(11-35-13(2)33)37-25(12)38-16-5-6-17(26)18(27)9-16/h4-10,12,22-25H,11H2,1-3H3/t12?,22?,23-,24+,25-/m1/s1. The molecule has 2 aromatic carbocycles. The number of aromatic nitrogens is 3. The van der Waals surface area contributed by atoms with Crippen molar-refractivity contribution in [3.05, 3.63) is 64.3 Å². The Morgan fingerprint density at radius 3 is 2.50 bits per heavy atom. The molecule has 38 heavy (non-hydrogen) atoms. The Kier molecular flexibility index (Phi) is 8.92. The summed E-state index contributed by atoms with van der Waals surface area (Å²) in [7, 11) is 0. The van der Waals surface area contributed by atoms with Crippen LogP contribution in [0, 0.1) is 17.6 Å². The zero-order valence-corrected chi connectivity index (χ0v) is 22.8. The van der Waals surface area contributed by atoms with Crippen molar-refractivity contribution in [1.82, 2.24) is 15.0 Å². The van der Waals surface area contributed by atoms with E-state index in [9.17, 15) is 18.4 Å². The molecule has 0 amide bonds. The SMILES string of the molecule is CC(=O)OCC1O[C@H](Sc2ccc(Cl)c(Cl)c2)C(C)[C@@H](n2cc(-c3ccc(F)c(F)c3)nn2)[C@H]1OC(C)=O. The van der Waals surface area contributed by atoms with Crippen LogP contribution in [0.25, 0.3) is 11.3 Å². The van der Waals surface area contributed by atoms with Crippen LogP contribution in [0.3, 0.4) is 0 Å². The molecule has 1 aliphatic rings. The molecule has 0 radical (unpaired) electrons. The van der Waals surface area contributed by atoms with Crippen molar-refractivity contribution in [3.63, 3.8) is 0 Å². The molecular formula is C25H23Cl2F2N3O5S. The molecular weight excluding hydrogens is 563 g/mol. The van der Waals surface area contributed by atoms with Crippen molar-refractivity contribution >= 4 is 46.9 Å². The lowest BCUT2D eigenvalue weighted by Crippen LogP contribution is -2.53. The number of ether oxygens (including phenoxy) is 3. The molecule has 1 aliphatic heterocycles. The summed E-state index contributed by atoms with van der Waals surface area (Å²) in [5.41, 5.74) is 0.0759. The van der Waals surface area contributed by atoms with E-state index in [-0.39, 0.29) is 18.2 Å². The number of hydrogen-bond acceptors (Lipinski definition) is 8. The van der Waals surface area contributed by atoms with E-state index in [0.717, 1.165) is 17.0 Å². The first-order valence-electron chi connectivity index (χ1n) is 11.5. The summed E-state index contributed by atoms with van der Waals surface area (Å²) < 4.78 is 45.9. The topological polar surface area (TPSA) is 92.5 Å². The highest BCUT2D eigenvalue weighted by atomic mass is 35.5. The van der Waals surface area contributed by atoms with Gasteiger partial charge in [-0.1, -0.05) is 47.1 Å². The molecule has 0 saturated carbocycles. The van der Waals surface area contributed by atoms with E-state index in [1.807, 2.05) is 6.92 Å². The van der Waals surface area contributed by atoms with Gasteiger partial charge in [-0.05, 0) is 36.4 Å². The Bertz CT molecular complexity index is 1340. The largest absolute Gasteiger partial charge is 0.463 e. The number of benzene rings is 2. The Morgan fingerprint density at radius 1 is 1.08 bits per heavy atom. The molecule has 4 rings (SSSR count). The highest BCUT2D eigenvalue weighted by Gasteiger charge is 2.48. The fraction of sp³-hybridized carbons (Fsp3) is 0.360. The van der Waals surface area contributed by atoms with Gasteiger partial charge in [0.15, 0.2) is 17.7 Å². The van der Waals surface area contributed by atoms with Crippen LogP contribution in [0.1, 0.15) is 26.8 Å². The normalized spacial score (nSPS) is 23.2. The predicted molar refractivity (Wildman–Crippen MR) is 137 cm³/mol. The van der Waals surface area contributed by atoms with E-state index in [4.69, 9.17) is 37.4 Å². The summed E-state index contributed by atoms with van der Waals surface area (Å²) in [6.45, 7) is 4.23. The summed E-state index contributed by atoms with van der Waals surface area (Å²) >= 11 is 13.6. The second kappa shape index (κ2) is 12.0. The summed E-state index contributed by atoms with van der Waals surface area (Å²) in [6.07, 6.45) is -0.202. The van der Waals surface area contributed by atoms with Crippen molar-refractivity contribution in [1.29, 1.82) is 0 Å². The highest BCUT2D eigenvalue weighted by molar-refractivity contribution is 7.99. The van der Waals surface area contributed by atoms with Crippen LogP contribution in [-0.4, -0.2) is 51.2 Å². The molecule has 3 aromatic rings. The smallest absolute Gasteiger partial charge is 0.303 e. The van der Waals surface area contributed by atoms with Crippen LogP contribution in [0.2, 0.25) is 10.0 Å². The molecule has 0 aliphatic carbocycles. The molecule has 202 valence electrons. The Balaban J connectivity index is 1.71. The molecule has 1 fully saturated rings. The van der Waals surface area contributed by atoms with Crippen molar-refractivity contribution in [2.45, 2.75) is 49.4 Å². The van der Waals surface area contributed by atoms with E-state index >= 15 is 0 Å². The Hall–Kier alpha value is -2.73. The number of halogens is 4. The van der Waals surface area contributed by atoms with Gasteiger partial charge in [-0.25, -0.2) is 13.5 Å². The second-order valence-electron chi connectivity index (χ2n) is 8.68. The maximum Gasteiger partial charge on any atom is 0.303 e. The average Bonchev–Trinajstić information content (AvgIpc) is 3.33. The maximum atomic E-state index is 13.8. The van der Waals surface area contributed by atoms with Crippen molar-refractivity contribution < 1.29 is 32.6 Å². The fourth-order valence-corrected chi connectivity index (χ4v) is 5.68. The summed E-state index contributed by atoms with van der Waals surface area (Å²) in [6, 6.07) is 7.95. The summed E-state index contributed by atoms with van der Waals surface area (Å²) in [5.74, 6) is -3.44. The van der Waals surface area contributed by atoms with Crippen LogP contribution >= 0.6 is 35.0 Å². The minimum atomic E-state index is -1.02. The summed E-state index contributed by atoms with van der Waals surface area (Å²) in [4.78, 5) is 24.4. The first kappa shape index (κ1) is 28.3. The minimum Gasteiger partial charge on any atom is -0.463 e. The van der Waals surface area contributed by atoms with Gasteiger partial charge in [0.1, 0.15) is 23.8 Å². The van der Waals surface area contributed by atoms with Gasteiger partial charge >= 0.3 is 11.9 Å². The molecule has 1 saturated heterocycles. The fourth-order valence-electron chi connectivity index (χ4n) is 4.15. The Labute approximate surface area is 231 Å². The molecule has 1 aromatic heterocycles. The number of carbonyl (C=O) groups is 2. The van der Waals surface area contributed by atoms with Crippen LogP contribution in [0.15, 0.2) is 47.5 Å². The molecule has 0 bridgehead atoms. The molecule has 2 heterocycles. The van der Waals surface area contributed by atoms with E-state index < -0.39 is 47.3 Å². The monoisotopic (exact) mass is 585 g/mol. The first-order valence-corrected chi connectivity index (χ1v) is 13.1. The molecule has 8 nitrogen and oxygen atoms in total. The second-order valence-corrected chi connectivity index (χ2v) is 10.7. The van der Waals surface area contributed by atoms with Gasteiger partial charge in [0, 0.05) is 30.2 Å². The minimum absolute atomic E-state index is 0.181. The van der Waals surface area contributed by atoms with Crippen molar-refractivity contribution in [2.24, 2.45) is 5.92 Å². The van der Waals surface area contributed by atoms with Gasteiger partial charge in [0.2, 0.25) is 0 Å². The van der Waals surface area contributed by atoms with Crippen molar-refractivity contribution in [2.75, 3.05) is 6.61 Å². The highest BCUT2D eigenvalue weighted by Crippen LogP contribution is 2.44. The zero-order valence-electron chi connectivity index (χ0n) is 20.4. The molecule has 13 heteroatoms. The summed E-state index contributed by atoms with van der Waals surface area (Å²) in [5, 5.41) is 9.13. The number of rotatable bonds is 7. The number of carbonyl (C=O) groups excluding carboxylic acids is 2. The number of hydrogen-bond donors (Lipinski definition) is 0. The molecule has 0 N–H and O–H groups in total. The van der Waals surface area contributed by atoms with Gasteiger partial charge in [-0.3, -0.25) is 9.59 Å². The number of thioether (sulfide) groups is 1. The predicted octanol–water partition coefficient (Wildman–Crippen LogP) is 5.72. The van der Waals surface area contributed by atoms with Gasteiger partial charge in [0.25, 0.3) is 0 Å². The third kappa shape index (κ3) is 6.45. The van der Waals surface area contributed by atoms with E-state index in [0.29, 0.717) is 15.6 Å². The molecule has 0 spiro atoms. The van der Waals surface area contributed by atoms with Crippen LogP contribution in [-0.2, 0) is 23.8 Å². The van der Waals surface area contributed by atoms with Gasteiger partial charge in [-0.15, -0.1) is 5.10 Å². The van der Waals surface area contributed by atoms with Crippen LogP contribution in [0.4, 0.5) is 8.78 Å². The van der Waals surface area contributed by atoms with Crippen LogP contribution in [0.5, 0.6) is 0 Å². The third-order valence-corrected chi connectivity index (χ3v) is 7.95. The quantitative estimate of drug-likeness (QED) is 0.325. The molecule has 2 unspecified atom stereocenters. The van der Waals surface area contributed by atoms with E-state index in [1.165, 1.54) is 36.4 Å². The van der Waals surface area contributed by atoms with Gasteiger partial charge in [-0.2, -0.15) is 0 Å². The zero-order chi connectivity index (χ0) is 27.6. The first-order chi connectivity index (χ1) is 18.0. The number of esters is 2. The number of nitrogens with zero attached hydrogens (tertiary/aromatic N) is 3. The lowest BCUT2D eigenvalue weighted by Gasteiger charge is -2.44. The van der Waals surface area contributed by atoms with Gasteiger partial charge < -0.3 is 14.2 Å².